The van der Waals surface area contributed by atoms with Gasteiger partial charge in [-0.1, -0.05) is 25.1 Å². The van der Waals surface area contributed by atoms with Crippen molar-refractivity contribution in [2.45, 2.75) is 26.7 Å². The first-order chi connectivity index (χ1) is 13.2. The van der Waals surface area contributed by atoms with E-state index in [9.17, 15) is 4.79 Å². The van der Waals surface area contributed by atoms with Gasteiger partial charge >= 0.3 is 0 Å². The first kappa shape index (κ1) is 20.1. The molecule has 1 N–H and O–H groups in total. The maximum Gasteiger partial charge on any atom is 0.248 e. The Morgan fingerprint density at radius 3 is 2.56 bits per heavy atom. The van der Waals surface area contributed by atoms with Crippen LogP contribution in [-0.4, -0.2) is 19.1 Å². The van der Waals surface area contributed by atoms with Crippen molar-refractivity contribution in [3.63, 3.8) is 0 Å². The average molecular weight is 364 g/mol. The average Bonchev–Trinajstić information content (AvgIpc) is 2.67. The van der Waals surface area contributed by atoms with Crippen molar-refractivity contribution in [1.82, 2.24) is 0 Å². The molecule has 0 heterocycles. The number of nitrogens with zero attached hydrogens (tertiary/aromatic N) is 1. The molecule has 0 bridgehead atoms. The lowest BCUT2D eigenvalue weighted by Crippen LogP contribution is -2.07. The Hall–Kier alpha value is -3.26. The number of carbonyl (C=O) groups excluding carboxylic acids is 1. The minimum absolute atomic E-state index is 0.229. The lowest BCUT2D eigenvalue weighted by atomic mass is 10.1. The molecule has 0 aliphatic rings. The van der Waals surface area contributed by atoms with E-state index in [1.165, 1.54) is 6.08 Å². The van der Waals surface area contributed by atoms with Crippen LogP contribution in [0.25, 0.3) is 6.08 Å². The lowest BCUT2D eigenvalue weighted by Gasteiger charge is -2.12. The van der Waals surface area contributed by atoms with Gasteiger partial charge in [0.15, 0.2) is 11.5 Å². The molecule has 0 spiro atoms. The van der Waals surface area contributed by atoms with Crippen LogP contribution < -0.4 is 14.8 Å². The highest BCUT2D eigenvalue weighted by Gasteiger charge is 2.06. The first-order valence-corrected chi connectivity index (χ1v) is 9.00. The maximum atomic E-state index is 12.1. The Morgan fingerprint density at radius 1 is 1.11 bits per heavy atom. The zero-order chi connectivity index (χ0) is 19.5. The molecule has 5 nitrogen and oxygen atoms in total. The summed E-state index contributed by atoms with van der Waals surface area (Å²) >= 11 is 0. The fraction of sp³-hybridized carbons (Fsp3) is 0.273. The van der Waals surface area contributed by atoms with Crippen LogP contribution in [0.4, 0.5) is 5.69 Å². The Morgan fingerprint density at radius 2 is 1.89 bits per heavy atom. The third kappa shape index (κ3) is 6.52. The summed E-state index contributed by atoms with van der Waals surface area (Å²) in [4.78, 5) is 12.1. The van der Waals surface area contributed by atoms with Gasteiger partial charge in [0.2, 0.25) is 5.91 Å². The number of ether oxygens (including phenoxy) is 2. The Kier molecular flexibility index (Phi) is 7.92. The maximum absolute atomic E-state index is 12.1. The first-order valence-electron chi connectivity index (χ1n) is 9.00. The number of nitriles is 1. The van der Waals surface area contributed by atoms with Gasteiger partial charge in [-0.05, 0) is 54.8 Å². The SMILES string of the molecule is CCCOc1ccc(/C=C/C(=O)Nc2ccc(CC#N)cc2)cc1OCC. The summed E-state index contributed by atoms with van der Waals surface area (Å²) in [6.45, 7) is 5.14. The molecule has 0 radical (unpaired) electrons. The van der Waals surface area contributed by atoms with Crippen LogP contribution in [0.2, 0.25) is 0 Å². The number of rotatable bonds is 9. The molecule has 2 aromatic carbocycles. The largest absolute Gasteiger partial charge is 0.490 e. The van der Waals surface area contributed by atoms with Gasteiger partial charge < -0.3 is 14.8 Å². The molecule has 2 rings (SSSR count). The highest BCUT2D eigenvalue weighted by Crippen LogP contribution is 2.29. The van der Waals surface area contributed by atoms with Crippen LogP contribution in [0.5, 0.6) is 11.5 Å². The van der Waals surface area contributed by atoms with E-state index in [4.69, 9.17) is 14.7 Å². The summed E-state index contributed by atoms with van der Waals surface area (Å²) in [5.74, 6) is 1.15. The quantitative estimate of drug-likeness (QED) is 0.661. The smallest absolute Gasteiger partial charge is 0.248 e. The fourth-order valence-corrected chi connectivity index (χ4v) is 2.38. The molecular weight excluding hydrogens is 340 g/mol. The van der Waals surface area contributed by atoms with Crippen LogP contribution in [0.15, 0.2) is 48.5 Å². The Bertz CT molecular complexity index is 820. The van der Waals surface area contributed by atoms with E-state index < -0.39 is 0 Å². The molecule has 0 aromatic heterocycles. The number of anilines is 1. The van der Waals surface area contributed by atoms with Gasteiger partial charge in [-0.3, -0.25) is 4.79 Å². The molecule has 5 heteroatoms. The van der Waals surface area contributed by atoms with Crippen molar-refractivity contribution >= 4 is 17.7 Å². The van der Waals surface area contributed by atoms with Crippen LogP contribution in [0.3, 0.4) is 0 Å². The summed E-state index contributed by atoms with van der Waals surface area (Å²) in [5, 5.41) is 11.5. The highest BCUT2D eigenvalue weighted by atomic mass is 16.5. The minimum atomic E-state index is -0.229. The summed E-state index contributed by atoms with van der Waals surface area (Å²) in [5.41, 5.74) is 2.45. The monoisotopic (exact) mass is 364 g/mol. The summed E-state index contributed by atoms with van der Waals surface area (Å²) in [6, 6.07) is 14.9. The van der Waals surface area contributed by atoms with Gasteiger partial charge in [0.25, 0.3) is 0 Å². The number of hydrogen-bond acceptors (Lipinski definition) is 4. The van der Waals surface area contributed by atoms with Crippen molar-refractivity contribution in [2.75, 3.05) is 18.5 Å². The molecule has 0 fully saturated rings. The molecule has 1 amide bonds. The second-order valence-corrected chi connectivity index (χ2v) is 5.84. The molecule has 0 unspecified atom stereocenters. The molecule has 0 aliphatic carbocycles. The topological polar surface area (TPSA) is 71.3 Å². The van der Waals surface area contributed by atoms with Crippen molar-refractivity contribution in [1.29, 1.82) is 5.26 Å². The van der Waals surface area contributed by atoms with Crippen molar-refractivity contribution in [3.8, 4) is 17.6 Å². The minimum Gasteiger partial charge on any atom is -0.490 e. The van der Waals surface area contributed by atoms with Crippen molar-refractivity contribution < 1.29 is 14.3 Å². The molecule has 0 aliphatic heterocycles. The molecule has 140 valence electrons. The van der Waals surface area contributed by atoms with Crippen LogP contribution in [0.1, 0.15) is 31.4 Å². The van der Waals surface area contributed by atoms with Gasteiger partial charge in [-0.2, -0.15) is 5.26 Å². The second-order valence-electron chi connectivity index (χ2n) is 5.84. The summed E-state index contributed by atoms with van der Waals surface area (Å²) in [6.07, 6.45) is 4.48. The van der Waals surface area contributed by atoms with Gasteiger partial charge in [0, 0.05) is 11.8 Å². The second kappa shape index (κ2) is 10.7. The van der Waals surface area contributed by atoms with E-state index in [2.05, 4.69) is 11.4 Å². The number of hydrogen-bond donors (Lipinski definition) is 1. The number of amides is 1. The number of benzene rings is 2. The van der Waals surface area contributed by atoms with Crippen LogP contribution in [-0.2, 0) is 11.2 Å². The van der Waals surface area contributed by atoms with E-state index in [1.807, 2.05) is 44.2 Å². The standard InChI is InChI=1S/C22H24N2O3/c1-3-15-27-20-11-7-18(16-21(20)26-4-2)8-12-22(25)24-19-9-5-17(6-10-19)13-14-23/h5-12,16H,3-4,13,15H2,1-2H3,(H,24,25)/b12-8+. The van der Waals surface area contributed by atoms with Gasteiger partial charge in [-0.15, -0.1) is 0 Å². The lowest BCUT2D eigenvalue weighted by molar-refractivity contribution is -0.111. The highest BCUT2D eigenvalue weighted by molar-refractivity contribution is 6.01. The third-order valence-corrected chi connectivity index (χ3v) is 3.66. The zero-order valence-electron chi connectivity index (χ0n) is 15.7. The van der Waals surface area contributed by atoms with E-state index in [-0.39, 0.29) is 5.91 Å². The summed E-state index contributed by atoms with van der Waals surface area (Å²) in [7, 11) is 0. The fourth-order valence-electron chi connectivity index (χ4n) is 2.38. The van der Waals surface area contributed by atoms with Crippen molar-refractivity contribution in [2.24, 2.45) is 0 Å². The molecule has 0 atom stereocenters. The van der Waals surface area contributed by atoms with Crippen LogP contribution >= 0.6 is 0 Å². The Labute approximate surface area is 160 Å². The van der Waals surface area contributed by atoms with Crippen molar-refractivity contribution in [3.05, 3.63) is 59.7 Å². The predicted octanol–water partition coefficient (Wildman–Crippen LogP) is 4.59. The van der Waals surface area contributed by atoms with Gasteiger partial charge in [0.05, 0.1) is 25.7 Å². The molecule has 0 saturated heterocycles. The molecular formula is C22H24N2O3. The Balaban J connectivity index is 2.02. The van der Waals surface area contributed by atoms with E-state index in [1.54, 1.807) is 18.2 Å². The number of nitrogens with one attached hydrogen (secondary N) is 1. The molecule has 0 saturated carbocycles. The molecule has 2 aromatic rings. The van der Waals surface area contributed by atoms with E-state index in [0.717, 1.165) is 17.5 Å². The van der Waals surface area contributed by atoms with Gasteiger partial charge in [0.1, 0.15) is 0 Å². The molecule has 27 heavy (non-hydrogen) atoms. The van der Waals surface area contributed by atoms with Crippen LogP contribution in [0, 0.1) is 11.3 Å². The third-order valence-electron chi connectivity index (χ3n) is 3.66. The normalized spacial score (nSPS) is 10.4. The summed E-state index contributed by atoms with van der Waals surface area (Å²) < 4.78 is 11.3. The zero-order valence-corrected chi connectivity index (χ0v) is 15.7. The number of carbonyl (C=O) groups is 1. The van der Waals surface area contributed by atoms with Gasteiger partial charge in [-0.25, -0.2) is 0 Å². The van der Waals surface area contributed by atoms with E-state index in [0.29, 0.717) is 36.8 Å². The predicted molar refractivity (Wildman–Crippen MR) is 107 cm³/mol. The van der Waals surface area contributed by atoms with E-state index >= 15 is 0 Å².